The summed E-state index contributed by atoms with van der Waals surface area (Å²) in [4.78, 5) is 34.8. The number of aromatic amines is 1. The number of rotatable bonds is 6. The van der Waals surface area contributed by atoms with Crippen LogP contribution >= 0.6 is 11.8 Å². The molecule has 3 aromatic carbocycles. The van der Waals surface area contributed by atoms with Crippen molar-refractivity contribution in [3.63, 3.8) is 0 Å². The van der Waals surface area contributed by atoms with Crippen molar-refractivity contribution in [2.45, 2.75) is 25.9 Å². The Hall–Kier alpha value is -4.04. The highest BCUT2D eigenvalue weighted by atomic mass is 32.2. The summed E-state index contributed by atoms with van der Waals surface area (Å²) in [6.45, 7) is 5.99. The molecule has 2 N–H and O–H groups in total. The van der Waals surface area contributed by atoms with Gasteiger partial charge < -0.3 is 15.0 Å². The van der Waals surface area contributed by atoms with Crippen LogP contribution in [0.15, 0.2) is 70.6 Å². The maximum Gasteiger partial charge on any atom is 0.283 e. The molecule has 0 aliphatic carbocycles. The molecular weight excluding hydrogens is 472 g/mol. The van der Waals surface area contributed by atoms with Crippen molar-refractivity contribution in [1.82, 2.24) is 14.5 Å². The number of H-pyrrole nitrogens is 1. The maximum absolute atomic E-state index is 13.8. The highest BCUT2D eigenvalue weighted by molar-refractivity contribution is 7.99. The van der Waals surface area contributed by atoms with Gasteiger partial charge >= 0.3 is 0 Å². The number of carbonyl (C=O) groups excluding carboxylic acids is 1. The van der Waals surface area contributed by atoms with E-state index in [-0.39, 0.29) is 17.2 Å². The van der Waals surface area contributed by atoms with Crippen molar-refractivity contribution >= 4 is 45.3 Å². The molecule has 182 valence electrons. The number of aromatic nitrogens is 3. The van der Waals surface area contributed by atoms with E-state index in [0.717, 1.165) is 33.3 Å². The molecule has 0 saturated heterocycles. The summed E-state index contributed by atoms with van der Waals surface area (Å²) in [6.07, 6.45) is 0. The molecule has 0 aliphatic heterocycles. The second kappa shape index (κ2) is 9.54. The molecule has 2 heterocycles. The molecule has 8 heteroatoms. The van der Waals surface area contributed by atoms with Gasteiger partial charge in [0.2, 0.25) is 5.91 Å². The van der Waals surface area contributed by atoms with E-state index >= 15 is 0 Å². The Morgan fingerprint density at radius 3 is 2.50 bits per heavy atom. The number of amides is 1. The number of nitrogens with one attached hydrogen (secondary N) is 2. The fourth-order valence-corrected chi connectivity index (χ4v) is 5.35. The van der Waals surface area contributed by atoms with Crippen LogP contribution in [0, 0.1) is 20.8 Å². The number of anilines is 1. The highest BCUT2D eigenvalue weighted by Crippen LogP contribution is 2.30. The van der Waals surface area contributed by atoms with Crippen molar-refractivity contribution in [2.75, 3.05) is 18.2 Å². The van der Waals surface area contributed by atoms with Crippen molar-refractivity contribution in [3.05, 3.63) is 87.7 Å². The summed E-state index contributed by atoms with van der Waals surface area (Å²) in [5.41, 5.74) is 6.10. The first-order chi connectivity index (χ1) is 17.4. The van der Waals surface area contributed by atoms with E-state index in [1.807, 2.05) is 69.3 Å². The van der Waals surface area contributed by atoms with Crippen LogP contribution in [0.4, 0.5) is 5.69 Å². The number of hydrogen-bond donors (Lipinski definition) is 2. The topological polar surface area (TPSA) is 89.0 Å². The molecule has 36 heavy (non-hydrogen) atoms. The normalized spacial score (nSPS) is 11.2. The molecule has 0 unspecified atom stereocenters. The zero-order valence-electron chi connectivity index (χ0n) is 20.5. The van der Waals surface area contributed by atoms with Crippen LogP contribution in [0.3, 0.4) is 0 Å². The minimum atomic E-state index is -0.256. The molecule has 0 bridgehead atoms. The number of thioether (sulfide) groups is 1. The monoisotopic (exact) mass is 498 g/mol. The van der Waals surface area contributed by atoms with Gasteiger partial charge in [0, 0.05) is 16.6 Å². The fourth-order valence-electron chi connectivity index (χ4n) is 4.55. The molecule has 0 atom stereocenters. The Morgan fingerprint density at radius 2 is 1.75 bits per heavy atom. The second-order valence-electron chi connectivity index (χ2n) is 8.71. The molecular formula is C28H26N4O3S. The van der Waals surface area contributed by atoms with Crippen molar-refractivity contribution < 1.29 is 9.53 Å². The van der Waals surface area contributed by atoms with Crippen molar-refractivity contribution in [2.24, 2.45) is 0 Å². The van der Waals surface area contributed by atoms with Crippen LogP contribution in [0.25, 0.3) is 27.6 Å². The molecule has 2 aromatic heterocycles. The summed E-state index contributed by atoms with van der Waals surface area (Å²) in [7, 11) is 1.56. The van der Waals surface area contributed by atoms with E-state index in [1.165, 1.54) is 16.3 Å². The third kappa shape index (κ3) is 4.24. The van der Waals surface area contributed by atoms with E-state index < -0.39 is 0 Å². The van der Waals surface area contributed by atoms with Gasteiger partial charge in [-0.25, -0.2) is 9.55 Å². The Bertz CT molecular complexity index is 1660. The summed E-state index contributed by atoms with van der Waals surface area (Å²) >= 11 is 1.21. The first kappa shape index (κ1) is 23.7. The third-order valence-electron chi connectivity index (χ3n) is 6.09. The van der Waals surface area contributed by atoms with Gasteiger partial charge in [-0.2, -0.15) is 0 Å². The molecule has 0 aliphatic rings. The minimum absolute atomic E-state index is 0.0855. The van der Waals surface area contributed by atoms with Gasteiger partial charge in [-0.1, -0.05) is 59.8 Å². The van der Waals surface area contributed by atoms with Gasteiger partial charge in [0.15, 0.2) is 5.16 Å². The molecule has 0 radical (unpaired) electrons. The van der Waals surface area contributed by atoms with Gasteiger partial charge in [-0.15, -0.1) is 0 Å². The second-order valence-corrected chi connectivity index (χ2v) is 9.65. The molecule has 7 nitrogen and oxygen atoms in total. The lowest BCUT2D eigenvalue weighted by molar-refractivity contribution is -0.113. The molecule has 0 saturated carbocycles. The Balaban J connectivity index is 1.58. The number of carbonyl (C=O) groups is 1. The quantitative estimate of drug-likeness (QED) is 0.237. The summed E-state index contributed by atoms with van der Waals surface area (Å²) in [5.74, 6) is 0.450. The highest BCUT2D eigenvalue weighted by Gasteiger charge is 2.20. The van der Waals surface area contributed by atoms with Crippen LogP contribution < -0.4 is 15.6 Å². The lowest BCUT2D eigenvalue weighted by Crippen LogP contribution is -2.23. The van der Waals surface area contributed by atoms with Gasteiger partial charge in [-0.05, 0) is 50.1 Å². The maximum atomic E-state index is 13.8. The number of para-hydroxylation sites is 3. The molecule has 1 amide bonds. The first-order valence-corrected chi connectivity index (χ1v) is 12.5. The number of methoxy groups -OCH3 is 1. The van der Waals surface area contributed by atoms with E-state index in [2.05, 4.69) is 10.3 Å². The van der Waals surface area contributed by atoms with Crippen LogP contribution in [-0.4, -0.2) is 33.3 Å². The molecule has 5 aromatic rings. The summed E-state index contributed by atoms with van der Waals surface area (Å²) in [6, 6.07) is 19.0. The standard InChI is InChI=1S/C28H26N4O3S/c1-16-13-17(2)24(18(3)14-16)30-23(33)15-36-28-31-25-19-9-5-6-10-20(19)29-26(25)27(34)32(28)21-11-7-8-12-22(21)35-4/h5-14,29H,15H2,1-4H3,(H,30,33). The van der Waals surface area contributed by atoms with E-state index in [1.54, 1.807) is 19.2 Å². The van der Waals surface area contributed by atoms with Crippen molar-refractivity contribution in [3.8, 4) is 11.4 Å². The summed E-state index contributed by atoms with van der Waals surface area (Å²) in [5, 5.41) is 4.30. The van der Waals surface area contributed by atoms with E-state index in [4.69, 9.17) is 9.72 Å². The van der Waals surface area contributed by atoms with Crippen LogP contribution in [-0.2, 0) is 4.79 Å². The minimum Gasteiger partial charge on any atom is -0.495 e. The summed E-state index contributed by atoms with van der Waals surface area (Å²) < 4.78 is 7.05. The predicted octanol–water partition coefficient (Wildman–Crippen LogP) is 5.53. The van der Waals surface area contributed by atoms with E-state index in [0.29, 0.717) is 27.6 Å². The SMILES string of the molecule is COc1ccccc1-n1c(SCC(=O)Nc2c(C)cc(C)cc2C)nc2c([nH]c3ccccc32)c1=O. The van der Waals surface area contributed by atoms with Gasteiger partial charge in [0.25, 0.3) is 5.56 Å². The molecule has 0 fully saturated rings. The lowest BCUT2D eigenvalue weighted by atomic mass is 10.1. The van der Waals surface area contributed by atoms with Gasteiger partial charge in [0.05, 0.1) is 18.6 Å². The fraction of sp³-hybridized carbons (Fsp3) is 0.179. The zero-order valence-corrected chi connectivity index (χ0v) is 21.3. The largest absolute Gasteiger partial charge is 0.495 e. The predicted molar refractivity (Wildman–Crippen MR) is 146 cm³/mol. The zero-order chi connectivity index (χ0) is 25.4. The molecule has 0 spiro atoms. The Morgan fingerprint density at radius 1 is 1.06 bits per heavy atom. The first-order valence-electron chi connectivity index (χ1n) is 11.5. The number of hydrogen-bond acceptors (Lipinski definition) is 5. The number of fused-ring (bicyclic) bond motifs is 3. The Kier molecular flexibility index (Phi) is 6.28. The van der Waals surface area contributed by atoms with Gasteiger partial charge in [-0.3, -0.25) is 9.59 Å². The van der Waals surface area contributed by atoms with Gasteiger partial charge in [0.1, 0.15) is 16.8 Å². The smallest absolute Gasteiger partial charge is 0.283 e. The Labute approximate surface area is 212 Å². The third-order valence-corrected chi connectivity index (χ3v) is 7.03. The number of nitrogens with zero attached hydrogens (tertiary/aromatic N) is 2. The number of aryl methyl sites for hydroxylation is 3. The number of benzene rings is 3. The van der Waals surface area contributed by atoms with Crippen molar-refractivity contribution in [1.29, 1.82) is 0 Å². The average molecular weight is 499 g/mol. The average Bonchev–Trinajstić information content (AvgIpc) is 3.24. The number of ether oxygens (including phenoxy) is 1. The van der Waals surface area contributed by atoms with E-state index in [9.17, 15) is 9.59 Å². The van der Waals surface area contributed by atoms with Crippen LogP contribution in [0.5, 0.6) is 5.75 Å². The van der Waals surface area contributed by atoms with Crippen LogP contribution in [0.2, 0.25) is 0 Å². The lowest BCUT2D eigenvalue weighted by Gasteiger charge is -2.15. The van der Waals surface area contributed by atoms with Crippen LogP contribution in [0.1, 0.15) is 16.7 Å². The molecule has 5 rings (SSSR count).